The first-order chi connectivity index (χ1) is 11.0. The van der Waals surface area contributed by atoms with Gasteiger partial charge in [0.15, 0.2) is 5.78 Å². The van der Waals surface area contributed by atoms with Gasteiger partial charge in [0, 0.05) is 31.8 Å². The fourth-order valence-electron chi connectivity index (χ4n) is 2.99. The van der Waals surface area contributed by atoms with Crippen LogP contribution in [0, 0.1) is 0 Å². The molecule has 2 aliphatic heterocycles. The van der Waals surface area contributed by atoms with Crippen LogP contribution in [0.25, 0.3) is 0 Å². The van der Waals surface area contributed by atoms with Crippen LogP contribution in [-0.2, 0) is 4.79 Å². The molecule has 2 aliphatic rings. The monoisotopic (exact) mass is 330 g/mol. The van der Waals surface area contributed by atoms with E-state index in [2.05, 4.69) is 27.5 Å². The van der Waals surface area contributed by atoms with E-state index in [0.717, 1.165) is 43.1 Å². The number of carbonyl (C=O) groups excluding carboxylic acids is 1. The first kappa shape index (κ1) is 16.1. The molecule has 0 saturated carbocycles. The van der Waals surface area contributed by atoms with Gasteiger partial charge in [0.05, 0.1) is 11.4 Å². The van der Waals surface area contributed by atoms with Gasteiger partial charge < -0.3 is 15.5 Å². The lowest BCUT2D eigenvalue weighted by atomic mass is 10.1. The summed E-state index contributed by atoms with van der Waals surface area (Å²) in [7, 11) is 2.13. The summed E-state index contributed by atoms with van der Waals surface area (Å²) in [6, 6.07) is 8.00. The highest BCUT2D eigenvalue weighted by Gasteiger charge is 2.30. The summed E-state index contributed by atoms with van der Waals surface area (Å²) in [4.78, 5) is 17.0. The summed E-state index contributed by atoms with van der Waals surface area (Å²) in [5.41, 5.74) is 2.79. The standard InChI is InChI=1S/C17H22N4OS/c1-12(22)11-13-16(21-9-7-20(2)8-10-21)18-14-5-3-4-6-15(14)19-17(13)23/h3-6,11,16,18H,7-10H2,1-2H3,(H,19,23). The van der Waals surface area contributed by atoms with E-state index in [9.17, 15) is 4.79 Å². The molecular formula is C17H22N4OS. The summed E-state index contributed by atoms with van der Waals surface area (Å²) >= 11 is 5.57. The van der Waals surface area contributed by atoms with Crippen molar-refractivity contribution in [2.75, 3.05) is 43.9 Å². The lowest BCUT2D eigenvalue weighted by Gasteiger charge is -2.38. The minimum Gasteiger partial charge on any atom is -0.364 e. The number of hydrogen-bond donors (Lipinski definition) is 2. The van der Waals surface area contributed by atoms with Crippen LogP contribution < -0.4 is 10.6 Å². The molecule has 2 heterocycles. The van der Waals surface area contributed by atoms with E-state index in [-0.39, 0.29) is 11.9 Å². The van der Waals surface area contributed by atoms with Gasteiger partial charge in [0.1, 0.15) is 11.2 Å². The fraction of sp³-hybridized carbons (Fsp3) is 0.412. The average Bonchev–Trinajstić information content (AvgIpc) is 2.65. The van der Waals surface area contributed by atoms with Gasteiger partial charge in [0.25, 0.3) is 0 Å². The van der Waals surface area contributed by atoms with Crippen LogP contribution in [-0.4, -0.2) is 60.0 Å². The molecule has 1 aromatic rings. The Morgan fingerprint density at radius 2 is 1.87 bits per heavy atom. The van der Waals surface area contributed by atoms with Crippen molar-refractivity contribution >= 4 is 34.4 Å². The van der Waals surface area contributed by atoms with Gasteiger partial charge in [0.2, 0.25) is 0 Å². The van der Waals surface area contributed by atoms with Crippen molar-refractivity contribution < 1.29 is 4.79 Å². The molecule has 0 radical (unpaired) electrons. The second-order valence-corrected chi connectivity index (χ2v) is 6.50. The lowest BCUT2D eigenvalue weighted by molar-refractivity contribution is -0.112. The zero-order valence-electron chi connectivity index (χ0n) is 13.5. The van der Waals surface area contributed by atoms with Crippen molar-refractivity contribution in [2.24, 2.45) is 0 Å². The number of likely N-dealkylation sites (N-methyl/N-ethyl adjacent to an activating group) is 1. The van der Waals surface area contributed by atoms with Crippen LogP contribution >= 0.6 is 12.2 Å². The summed E-state index contributed by atoms with van der Waals surface area (Å²) < 4.78 is 0. The molecule has 1 fully saturated rings. The average molecular weight is 330 g/mol. The molecule has 122 valence electrons. The Labute approximate surface area is 142 Å². The summed E-state index contributed by atoms with van der Waals surface area (Å²) in [5.74, 6) is 0.0102. The van der Waals surface area contributed by atoms with E-state index < -0.39 is 0 Å². The summed E-state index contributed by atoms with van der Waals surface area (Å²) in [5, 5.41) is 6.83. The van der Waals surface area contributed by atoms with Crippen molar-refractivity contribution in [1.29, 1.82) is 0 Å². The van der Waals surface area contributed by atoms with E-state index in [0.29, 0.717) is 4.99 Å². The minimum atomic E-state index is -0.0868. The third-order valence-corrected chi connectivity index (χ3v) is 4.62. The molecule has 0 bridgehead atoms. The van der Waals surface area contributed by atoms with E-state index in [1.54, 1.807) is 13.0 Å². The zero-order valence-corrected chi connectivity index (χ0v) is 14.3. The molecule has 2 N–H and O–H groups in total. The zero-order chi connectivity index (χ0) is 16.4. The van der Waals surface area contributed by atoms with Gasteiger partial charge in [-0.1, -0.05) is 24.4 Å². The molecule has 23 heavy (non-hydrogen) atoms. The maximum absolute atomic E-state index is 11.7. The Bertz CT molecular complexity index is 650. The minimum absolute atomic E-state index is 0.0102. The third kappa shape index (κ3) is 3.60. The molecule has 5 nitrogen and oxygen atoms in total. The third-order valence-electron chi connectivity index (χ3n) is 4.29. The van der Waals surface area contributed by atoms with Gasteiger partial charge in [-0.15, -0.1) is 0 Å². The molecule has 0 spiro atoms. The highest BCUT2D eigenvalue weighted by atomic mass is 32.1. The second-order valence-electron chi connectivity index (χ2n) is 6.10. The number of allylic oxidation sites excluding steroid dienone is 1. The summed E-state index contributed by atoms with van der Waals surface area (Å²) in [6.07, 6.45) is 1.56. The maximum atomic E-state index is 11.7. The number of carbonyl (C=O) groups is 1. The number of para-hydroxylation sites is 2. The highest BCUT2D eigenvalue weighted by Crippen LogP contribution is 2.29. The number of thiocarbonyl (C=S) groups is 1. The molecule has 3 rings (SSSR count). The van der Waals surface area contributed by atoms with Crippen LogP contribution in [0.1, 0.15) is 6.92 Å². The fourth-order valence-corrected chi connectivity index (χ4v) is 3.27. The number of benzene rings is 1. The SMILES string of the molecule is CC(=O)C=C1C(=S)Nc2ccccc2NC1N1CCN(C)CC1. The number of rotatable bonds is 2. The van der Waals surface area contributed by atoms with Crippen LogP contribution in [0.3, 0.4) is 0 Å². The number of nitrogens with zero attached hydrogens (tertiary/aromatic N) is 2. The predicted octanol–water partition coefficient (Wildman–Crippen LogP) is 1.94. The Kier molecular flexibility index (Phi) is 4.75. The molecule has 1 atom stereocenters. The van der Waals surface area contributed by atoms with Gasteiger partial charge in [-0.05, 0) is 32.2 Å². The van der Waals surface area contributed by atoms with Crippen LogP contribution in [0.5, 0.6) is 0 Å². The number of hydrogen-bond acceptors (Lipinski definition) is 5. The van der Waals surface area contributed by atoms with Gasteiger partial charge in [-0.2, -0.15) is 0 Å². The van der Waals surface area contributed by atoms with Gasteiger partial charge >= 0.3 is 0 Å². The molecule has 0 amide bonds. The van der Waals surface area contributed by atoms with Gasteiger partial charge in [-0.25, -0.2) is 0 Å². The lowest BCUT2D eigenvalue weighted by Crippen LogP contribution is -2.52. The van der Waals surface area contributed by atoms with Crippen molar-refractivity contribution in [1.82, 2.24) is 9.80 Å². The molecule has 6 heteroatoms. The quantitative estimate of drug-likeness (QED) is 0.638. The molecule has 1 unspecified atom stereocenters. The Morgan fingerprint density at radius 1 is 1.22 bits per heavy atom. The van der Waals surface area contributed by atoms with Crippen molar-refractivity contribution in [2.45, 2.75) is 13.1 Å². The molecular weight excluding hydrogens is 308 g/mol. The summed E-state index contributed by atoms with van der Waals surface area (Å²) in [6.45, 7) is 5.46. The first-order valence-corrected chi connectivity index (χ1v) is 8.27. The van der Waals surface area contributed by atoms with Crippen LogP contribution in [0.15, 0.2) is 35.9 Å². The largest absolute Gasteiger partial charge is 0.364 e. The molecule has 1 saturated heterocycles. The Hall–Kier alpha value is -1.76. The normalized spacial score (nSPS) is 24.5. The number of piperazine rings is 1. The van der Waals surface area contributed by atoms with E-state index >= 15 is 0 Å². The number of nitrogens with one attached hydrogen (secondary N) is 2. The Balaban J connectivity index is 1.97. The van der Waals surface area contributed by atoms with E-state index in [1.165, 1.54) is 0 Å². The smallest absolute Gasteiger partial charge is 0.153 e. The molecule has 0 aromatic heterocycles. The topological polar surface area (TPSA) is 47.6 Å². The van der Waals surface area contributed by atoms with Crippen LogP contribution in [0.2, 0.25) is 0 Å². The Morgan fingerprint density at radius 3 is 2.52 bits per heavy atom. The van der Waals surface area contributed by atoms with Crippen LogP contribution in [0.4, 0.5) is 11.4 Å². The molecule has 1 aromatic carbocycles. The molecule has 0 aliphatic carbocycles. The second kappa shape index (κ2) is 6.78. The van der Waals surface area contributed by atoms with Gasteiger partial charge in [-0.3, -0.25) is 9.69 Å². The van der Waals surface area contributed by atoms with E-state index in [1.807, 2.05) is 24.3 Å². The predicted molar refractivity (Wildman–Crippen MR) is 97.9 cm³/mol. The van der Waals surface area contributed by atoms with Crippen molar-refractivity contribution in [3.05, 3.63) is 35.9 Å². The number of anilines is 2. The van der Waals surface area contributed by atoms with E-state index in [4.69, 9.17) is 12.2 Å². The maximum Gasteiger partial charge on any atom is 0.153 e. The number of fused-ring (bicyclic) bond motifs is 1. The highest BCUT2D eigenvalue weighted by molar-refractivity contribution is 7.81. The first-order valence-electron chi connectivity index (χ1n) is 7.86. The van der Waals surface area contributed by atoms with Crippen molar-refractivity contribution in [3.8, 4) is 0 Å². The van der Waals surface area contributed by atoms with Crippen molar-refractivity contribution in [3.63, 3.8) is 0 Å². The number of ketones is 1.